The van der Waals surface area contributed by atoms with Crippen LogP contribution in [0.1, 0.15) is 94.7 Å². The largest absolute Gasteiger partial charge is 0.507 e. The number of phenolic OH excluding ortho intramolecular Hbond substituents is 1. The topological polar surface area (TPSA) is 234 Å². The van der Waals surface area contributed by atoms with Gasteiger partial charge < -0.3 is 64.5 Å². The fraction of sp³-hybridized carbons (Fsp3) is 0.525. The molecular weight excluding hydrogens is 1060 g/mol. The Balaban J connectivity index is 0.568. The van der Waals surface area contributed by atoms with Crippen LogP contribution in [-0.4, -0.2) is 165 Å². The Labute approximate surface area is 482 Å². The Morgan fingerprint density at radius 3 is 2.38 bits per heavy atom. The average Bonchev–Trinajstić information content (AvgIpc) is 2.60. The van der Waals surface area contributed by atoms with Crippen molar-refractivity contribution >= 4 is 46.2 Å². The van der Waals surface area contributed by atoms with Crippen molar-refractivity contribution in [2.45, 2.75) is 121 Å². The molecule has 1 saturated carbocycles. The van der Waals surface area contributed by atoms with Crippen LogP contribution >= 0.6 is 11.3 Å². The normalized spacial score (nSPS) is 23.2. The zero-order valence-corrected chi connectivity index (χ0v) is 48.1. The number of β-amino-alcohol motifs (C(OH)–C–C–N with tert-alkyl or cyclic N) is 1. The van der Waals surface area contributed by atoms with Gasteiger partial charge in [0.15, 0.2) is 17.4 Å². The van der Waals surface area contributed by atoms with Crippen LogP contribution in [0.25, 0.3) is 21.7 Å². The molecule has 20 nitrogen and oxygen atoms in total. The van der Waals surface area contributed by atoms with E-state index in [0.717, 1.165) is 117 Å². The lowest BCUT2D eigenvalue weighted by atomic mass is 9.90. The predicted octanol–water partition coefficient (Wildman–Crippen LogP) is 7.23. The van der Waals surface area contributed by atoms with E-state index in [0.29, 0.717) is 60.9 Å². The summed E-state index contributed by atoms with van der Waals surface area (Å²) in [6.45, 7) is 16.1. The Hall–Kier alpha value is -6.91. The molecule has 5 saturated heterocycles. The number of para-hydroxylation sites is 1. The molecule has 2 amide bonds. The molecule has 1 spiro atoms. The predicted molar refractivity (Wildman–Crippen MR) is 313 cm³/mol. The number of likely N-dealkylation sites (tertiary alicyclic amines) is 2. The zero-order valence-electron chi connectivity index (χ0n) is 47.3. The number of carbonyl (C=O) groups excluding carboxylic acids is 2. The number of nitrogens with two attached hydrogens (primary N) is 1. The number of thiazole rings is 1. The maximum Gasteiger partial charge on any atom is 0.243 e. The minimum Gasteiger partial charge on any atom is -0.507 e. The number of rotatable bonds is 17. The highest BCUT2D eigenvalue weighted by atomic mass is 32.1. The lowest BCUT2D eigenvalue weighted by molar-refractivity contribution is -0.141. The molecule has 4 atom stereocenters. The van der Waals surface area contributed by atoms with Crippen molar-refractivity contribution in [3.8, 4) is 33.3 Å². The second kappa shape index (κ2) is 23.8. The van der Waals surface area contributed by atoms with Gasteiger partial charge in [0.05, 0.1) is 65.0 Å². The third-order valence-corrected chi connectivity index (χ3v) is 18.8. The number of aryl methyl sites for hydroxylation is 1. The number of benzene rings is 2. The zero-order chi connectivity index (χ0) is 56.6. The summed E-state index contributed by atoms with van der Waals surface area (Å²) in [5.74, 6) is 1.59. The van der Waals surface area contributed by atoms with Crippen LogP contribution < -0.4 is 30.5 Å². The number of ether oxygens (including phenoxy) is 3. The van der Waals surface area contributed by atoms with E-state index in [1.54, 1.807) is 23.5 Å². The minimum atomic E-state index is -0.805. The van der Waals surface area contributed by atoms with Gasteiger partial charge in [-0.15, -0.1) is 21.5 Å². The van der Waals surface area contributed by atoms with E-state index in [1.165, 1.54) is 4.90 Å². The molecule has 0 radical (unpaired) electrons. The monoisotopic (exact) mass is 1140 g/mol. The van der Waals surface area contributed by atoms with Crippen molar-refractivity contribution in [2.24, 2.45) is 11.8 Å². The van der Waals surface area contributed by atoms with Crippen LogP contribution in [-0.2, 0) is 19.1 Å². The van der Waals surface area contributed by atoms with Crippen molar-refractivity contribution in [3.05, 3.63) is 102 Å². The van der Waals surface area contributed by atoms with Gasteiger partial charge in [0, 0.05) is 108 Å². The standard InChI is InChI=1S/C61H76N12O8S/c1-37(2)56(60(77)72-32-44(74)26-51(72)59(76)65-38(3)41-9-11-42(12-10-41)57-39(4)64-36-82-57)53-30-54(68-81-53)70-21-14-40(15-22-70)31-69-19-16-45(17-20-69)79-46-27-47(28-46)80-55-25-43(13-18-63-55)73-24-23-71(33-61(73)34-78-35-61)50-29-49(66-67-58(50)62)48-7-5-6-8-52(48)75/h5-13,18,25,29-30,36-38,40,44-47,51,56,74-75H,14-17,19-24,26-28,31-35H2,1-4H3,(H2,62,67)(H,65,76)/t38-,44+,46-,47-,51-,56+/m0/s1. The summed E-state index contributed by atoms with van der Waals surface area (Å²) in [4.78, 5) is 49.4. The molecule has 6 aliphatic rings. The number of amides is 2. The number of pyridine rings is 1. The molecule has 2 aromatic carbocycles. The first-order chi connectivity index (χ1) is 39.7. The summed E-state index contributed by atoms with van der Waals surface area (Å²) < 4.78 is 24.9. The van der Waals surface area contributed by atoms with E-state index >= 15 is 0 Å². The third kappa shape index (κ3) is 11.7. The number of nitrogen functional groups attached to an aromatic ring is 1. The molecule has 9 heterocycles. The quantitative estimate of drug-likeness (QED) is 0.0705. The van der Waals surface area contributed by atoms with E-state index in [4.69, 9.17) is 24.5 Å². The number of nitrogens with one attached hydrogen (secondary N) is 1. The fourth-order valence-corrected chi connectivity index (χ4v) is 13.9. The number of hydrogen-bond acceptors (Lipinski definition) is 19. The maximum atomic E-state index is 14.4. The third-order valence-electron chi connectivity index (χ3n) is 17.9. The number of aliphatic hydroxyl groups is 1. The number of aromatic nitrogens is 5. The molecule has 434 valence electrons. The molecule has 0 bridgehead atoms. The maximum absolute atomic E-state index is 14.4. The molecule has 0 unspecified atom stereocenters. The highest BCUT2D eigenvalue weighted by Gasteiger charge is 2.49. The number of aliphatic hydroxyl groups excluding tert-OH is 1. The summed E-state index contributed by atoms with van der Waals surface area (Å²) in [6.07, 6.45) is 7.50. The molecule has 1 aliphatic carbocycles. The molecule has 6 fully saturated rings. The van der Waals surface area contributed by atoms with E-state index < -0.39 is 18.1 Å². The Morgan fingerprint density at radius 2 is 1.66 bits per heavy atom. The number of nitrogens with zero attached hydrogens (tertiary/aromatic N) is 10. The lowest BCUT2D eigenvalue weighted by Crippen LogP contribution is -2.72. The van der Waals surface area contributed by atoms with Crippen molar-refractivity contribution in [1.29, 1.82) is 0 Å². The molecule has 4 aromatic heterocycles. The van der Waals surface area contributed by atoms with E-state index in [-0.39, 0.29) is 66.3 Å². The first-order valence-electron chi connectivity index (χ1n) is 29.3. The van der Waals surface area contributed by atoms with E-state index in [1.807, 2.05) is 94.0 Å². The van der Waals surface area contributed by atoms with Gasteiger partial charge in [-0.25, -0.2) is 9.97 Å². The van der Waals surface area contributed by atoms with Gasteiger partial charge in [-0.05, 0) is 86.8 Å². The van der Waals surface area contributed by atoms with Crippen molar-refractivity contribution in [2.75, 3.05) is 92.5 Å². The van der Waals surface area contributed by atoms with Crippen LogP contribution in [0, 0.1) is 18.8 Å². The van der Waals surface area contributed by atoms with Crippen LogP contribution in [0.15, 0.2) is 89.0 Å². The van der Waals surface area contributed by atoms with Gasteiger partial charge in [0.2, 0.25) is 17.7 Å². The second-order valence-electron chi connectivity index (χ2n) is 23.9. The van der Waals surface area contributed by atoms with Crippen LogP contribution in [0.4, 0.5) is 23.0 Å². The summed E-state index contributed by atoms with van der Waals surface area (Å²) in [6, 6.07) is 22.0. The molecule has 5 N–H and O–H groups in total. The van der Waals surface area contributed by atoms with Gasteiger partial charge >= 0.3 is 0 Å². The van der Waals surface area contributed by atoms with Gasteiger partial charge in [-0.3, -0.25) is 9.59 Å². The Bertz CT molecular complexity index is 3190. The molecule has 82 heavy (non-hydrogen) atoms. The number of aromatic hydroxyl groups is 1. The van der Waals surface area contributed by atoms with E-state index in [2.05, 4.69) is 56.3 Å². The average molecular weight is 1140 g/mol. The Morgan fingerprint density at radius 1 is 0.878 bits per heavy atom. The first-order valence-corrected chi connectivity index (χ1v) is 30.2. The van der Waals surface area contributed by atoms with Gasteiger partial charge in [0.25, 0.3) is 0 Å². The number of anilines is 4. The van der Waals surface area contributed by atoms with Gasteiger partial charge in [-0.1, -0.05) is 55.4 Å². The summed E-state index contributed by atoms with van der Waals surface area (Å²) in [7, 11) is 0. The van der Waals surface area contributed by atoms with Crippen LogP contribution in [0.5, 0.6) is 11.6 Å². The van der Waals surface area contributed by atoms with Gasteiger partial charge in [0.1, 0.15) is 29.4 Å². The molecule has 5 aliphatic heterocycles. The molecular formula is C61H76N12O8S. The fourth-order valence-electron chi connectivity index (χ4n) is 13.1. The number of piperidine rings is 2. The lowest BCUT2D eigenvalue weighted by Gasteiger charge is -2.56. The van der Waals surface area contributed by atoms with E-state index in [9.17, 15) is 19.8 Å². The van der Waals surface area contributed by atoms with Gasteiger partial charge in [-0.2, -0.15) is 0 Å². The number of carbonyl (C=O) groups is 2. The highest BCUT2D eigenvalue weighted by molar-refractivity contribution is 7.13. The van der Waals surface area contributed by atoms with Crippen LogP contribution in [0.2, 0.25) is 0 Å². The number of phenols is 1. The van der Waals surface area contributed by atoms with Crippen molar-refractivity contribution in [3.63, 3.8) is 0 Å². The van der Waals surface area contributed by atoms with Crippen LogP contribution in [0.3, 0.4) is 0 Å². The minimum absolute atomic E-state index is 0.0577. The number of hydrogen-bond donors (Lipinski definition) is 4. The highest BCUT2D eigenvalue weighted by Crippen LogP contribution is 2.41. The second-order valence-corrected chi connectivity index (χ2v) is 24.7. The number of piperazine rings is 1. The first kappa shape index (κ1) is 55.6. The van der Waals surface area contributed by atoms with Crippen molar-refractivity contribution in [1.82, 2.24) is 40.4 Å². The molecule has 6 aromatic rings. The molecule has 21 heteroatoms. The SMILES string of the molecule is Cc1ncsc1-c1ccc([C@H](C)NC(=O)[C@@H]2C[C@@H](O)CN2C(=O)[C@@H](c2cc(N3CCC(CN4CCC(O[C@H]5C[C@H](Oc6cc(N7CCN(c8cc(-c9ccccc9O)nnc8N)CC78COC8)ccn6)C5)CC4)CC3)no2)C(C)C)cc1. The molecule has 12 rings (SSSR count). The smallest absolute Gasteiger partial charge is 0.243 e. The summed E-state index contributed by atoms with van der Waals surface area (Å²) >= 11 is 1.60. The Kier molecular flexibility index (Phi) is 16.1. The summed E-state index contributed by atoms with van der Waals surface area (Å²) in [5.41, 5.74) is 14.0. The van der Waals surface area contributed by atoms with Crippen molar-refractivity contribution < 1.29 is 38.5 Å². The summed E-state index contributed by atoms with van der Waals surface area (Å²) in [5, 5.41) is 37.5.